The highest BCUT2D eigenvalue weighted by atomic mass is 16.5. The van der Waals surface area contributed by atoms with E-state index in [-0.39, 0.29) is 0 Å². The number of hydrogen-bond donors (Lipinski definition) is 1. The second-order valence-corrected chi connectivity index (χ2v) is 6.32. The molecule has 1 aliphatic heterocycles. The zero-order chi connectivity index (χ0) is 12.1. The van der Waals surface area contributed by atoms with E-state index >= 15 is 0 Å². The van der Waals surface area contributed by atoms with Gasteiger partial charge in [-0.1, -0.05) is 13.3 Å². The fourth-order valence-corrected chi connectivity index (χ4v) is 3.75. The van der Waals surface area contributed by atoms with Crippen molar-refractivity contribution in [3.05, 3.63) is 0 Å². The lowest BCUT2D eigenvalue weighted by molar-refractivity contribution is 0.0348. The molecule has 0 unspecified atom stereocenters. The summed E-state index contributed by atoms with van der Waals surface area (Å²) in [5.41, 5.74) is 6.59. The standard InChI is InChI=1S/C15H29NO/c1-2-13-3-7-15(12-16,8-4-13)11-14-5-9-17-10-6-14/h13-14H,2-12,16H2,1H3. The Morgan fingerprint density at radius 3 is 2.24 bits per heavy atom. The first-order valence-corrected chi connectivity index (χ1v) is 7.56. The van der Waals surface area contributed by atoms with Gasteiger partial charge in [-0.05, 0) is 68.7 Å². The summed E-state index contributed by atoms with van der Waals surface area (Å²) in [4.78, 5) is 0. The van der Waals surface area contributed by atoms with E-state index in [1.165, 1.54) is 51.4 Å². The maximum Gasteiger partial charge on any atom is 0.0468 e. The summed E-state index contributed by atoms with van der Waals surface area (Å²) in [5, 5.41) is 0. The van der Waals surface area contributed by atoms with Crippen molar-refractivity contribution >= 4 is 0 Å². The first kappa shape index (κ1) is 13.4. The van der Waals surface area contributed by atoms with Crippen LogP contribution in [0.5, 0.6) is 0 Å². The lowest BCUT2D eigenvalue weighted by Crippen LogP contribution is -2.37. The number of ether oxygens (including phenoxy) is 1. The molecule has 2 N–H and O–H groups in total. The van der Waals surface area contributed by atoms with Crippen LogP contribution in [0.3, 0.4) is 0 Å². The quantitative estimate of drug-likeness (QED) is 0.816. The minimum atomic E-state index is 0.480. The number of rotatable bonds is 4. The SMILES string of the molecule is CCC1CCC(CN)(CC2CCOCC2)CC1. The molecule has 2 nitrogen and oxygen atoms in total. The van der Waals surface area contributed by atoms with Crippen molar-refractivity contribution in [3.63, 3.8) is 0 Å². The van der Waals surface area contributed by atoms with Gasteiger partial charge >= 0.3 is 0 Å². The third-order valence-electron chi connectivity index (χ3n) is 5.24. The van der Waals surface area contributed by atoms with Crippen LogP contribution in [0.4, 0.5) is 0 Å². The molecular weight excluding hydrogens is 210 g/mol. The van der Waals surface area contributed by atoms with E-state index in [0.717, 1.165) is 31.6 Å². The second-order valence-electron chi connectivity index (χ2n) is 6.32. The van der Waals surface area contributed by atoms with E-state index in [9.17, 15) is 0 Å². The molecule has 0 amide bonds. The molecule has 1 saturated heterocycles. The topological polar surface area (TPSA) is 35.2 Å². The van der Waals surface area contributed by atoms with Crippen molar-refractivity contribution in [2.24, 2.45) is 23.0 Å². The fourth-order valence-electron chi connectivity index (χ4n) is 3.75. The van der Waals surface area contributed by atoms with Gasteiger partial charge in [0.2, 0.25) is 0 Å². The van der Waals surface area contributed by atoms with Crippen molar-refractivity contribution in [1.82, 2.24) is 0 Å². The van der Waals surface area contributed by atoms with Crippen LogP contribution < -0.4 is 5.73 Å². The Hall–Kier alpha value is -0.0800. The average Bonchev–Trinajstić information content (AvgIpc) is 2.41. The van der Waals surface area contributed by atoms with Gasteiger partial charge < -0.3 is 10.5 Å². The van der Waals surface area contributed by atoms with E-state index < -0.39 is 0 Å². The van der Waals surface area contributed by atoms with Crippen LogP contribution >= 0.6 is 0 Å². The van der Waals surface area contributed by atoms with Gasteiger partial charge in [-0.15, -0.1) is 0 Å². The maximum absolute atomic E-state index is 6.11. The summed E-state index contributed by atoms with van der Waals surface area (Å²) in [7, 11) is 0. The van der Waals surface area contributed by atoms with Gasteiger partial charge in [0.05, 0.1) is 0 Å². The zero-order valence-electron chi connectivity index (χ0n) is 11.4. The Kier molecular flexibility index (Phi) is 4.87. The second kappa shape index (κ2) is 6.19. The molecule has 100 valence electrons. The Morgan fingerprint density at radius 1 is 1.06 bits per heavy atom. The van der Waals surface area contributed by atoms with Crippen LogP contribution in [0.25, 0.3) is 0 Å². The molecule has 0 spiro atoms. The summed E-state index contributed by atoms with van der Waals surface area (Å²) in [6, 6.07) is 0. The van der Waals surface area contributed by atoms with Gasteiger partial charge in [0, 0.05) is 13.2 Å². The van der Waals surface area contributed by atoms with Gasteiger partial charge in [-0.2, -0.15) is 0 Å². The van der Waals surface area contributed by atoms with Crippen molar-refractivity contribution in [1.29, 1.82) is 0 Å². The Balaban J connectivity index is 1.86. The minimum Gasteiger partial charge on any atom is -0.381 e. The van der Waals surface area contributed by atoms with Gasteiger partial charge in [-0.3, -0.25) is 0 Å². The number of hydrogen-bond acceptors (Lipinski definition) is 2. The van der Waals surface area contributed by atoms with Crippen LogP contribution in [0.15, 0.2) is 0 Å². The normalized spacial score (nSPS) is 36.0. The largest absolute Gasteiger partial charge is 0.381 e. The molecule has 1 saturated carbocycles. The molecule has 1 aliphatic carbocycles. The molecule has 17 heavy (non-hydrogen) atoms. The molecule has 0 atom stereocenters. The summed E-state index contributed by atoms with van der Waals surface area (Å²) in [6.07, 6.45) is 10.8. The highest BCUT2D eigenvalue weighted by Gasteiger charge is 2.35. The molecular formula is C15H29NO. The predicted molar refractivity (Wildman–Crippen MR) is 71.9 cm³/mol. The van der Waals surface area contributed by atoms with Gasteiger partial charge in [0.1, 0.15) is 0 Å². The molecule has 2 heteroatoms. The highest BCUT2D eigenvalue weighted by Crippen LogP contribution is 2.44. The smallest absolute Gasteiger partial charge is 0.0468 e. The summed E-state index contributed by atoms with van der Waals surface area (Å²) in [6.45, 7) is 5.19. The fraction of sp³-hybridized carbons (Fsp3) is 1.00. The summed E-state index contributed by atoms with van der Waals surface area (Å²) in [5.74, 6) is 1.86. The van der Waals surface area contributed by atoms with Crippen molar-refractivity contribution in [2.45, 2.75) is 58.3 Å². The van der Waals surface area contributed by atoms with Crippen LogP contribution in [-0.2, 0) is 4.74 Å². The van der Waals surface area contributed by atoms with Gasteiger partial charge in [0.25, 0.3) is 0 Å². The van der Waals surface area contributed by atoms with Gasteiger partial charge in [-0.25, -0.2) is 0 Å². The van der Waals surface area contributed by atoms with E-state index in [1.807, 2.05) is 0 Å². The summed E-state index contributed by atoms with van der Waals surface area (Å²) < 4.78 is 5.46. The molecule has 0 bridgehead atoms. The van der Waals surface area contributed by atoms with Crippen LogP contribution in [-0.4, -0.2) is 19.8 Å². The predicted octanol–water partition coefficient (Wildman–Crippen LogP) is 3.35. The highest BCUT2D eigenvalue weighted by molar-refractivity contribution is 4.88. The zero-order valence-corrected chi connectivity index (χ0v) is 11.4. The third-order valence-corrected chi connectivity index (χ3v) is 5.24. The minimum absolute atomic E-state index is 0.480. The Morgan fingerprint density at radius 2 is 1.71 bits per heavy atom. The lowest BCUT2D eigenvalue weighted by atomic mass is 9.65. The van der Waals surface area contributed by atoms with Crippen molar-refractivity contribution < 1.29 is 4.74 Å². The molecule has 1 heterocycles. The maximum atomic E-state index is 6.11. The van der Waals surface area contributed by atoms with Crippen molar-refractivity contribution in [2.75, 3.05) is 19.8 Å². The van der Waals surface area contributed by atoms with Crippen LogP contribution in [0, 0.1) is 17.3 Å². The van der Waals surface area contributed by atoms with E-state index in [2.05, 4.69) is 6.92 Å². The first-order chi connectivity index (χ1) is 8.28. The first-order valence-electron chi connectivity index (χ1n) is 7.56. The Bertz CT molecular complexity index is 215. The van der Waals surface area contributed by atoms with Crippen LogP contribution in [0.1, 0.15) is 58.3 Å². The molecule has 0 aromatic rings. The summed E-state index contributed by atoms with van der Waals surface area (Å²) >= 11 is 0. The molecule has 2 fully saturated rings. The average molecular weight is 239 g/mol. The monoisotopic (exact) mass is 239 g/mol. The molecule has 0 aromatic heterocycles. The lowest BCUT2D eigenvalue weighted by Gasteiger charge is -2.42. The molecule has 0 aromatic carbocycles. The van der Waals surface area contributed by atoms with Crippen LogP contribution in [0.2, 0.25) is 0 Å². The molecule has 0 radical (unpaired) electrons. The van der Waals surface area contributed by atoms with Crippen molar-refractivity contribution in [3.8, 4) is 0 Å². The van der Waals surface area contributed by atoms with E-state index in [1.54, 1.807) is 0 Å². The third kappa shape index (κ3) is 3.45. The number of nitrogens with two attached hydrogens (primary N) is 1. The Labute approximate surface area is 106 Å². The van der Waals surface area contributed by atoms with E-state index in [0.29, 0.717) is 5.41 Å². The van der Waals surface area contributed by atoms with Gasteiger partial charge in [0.15, 0.2) is 0 Å². The molecule has 2 aliphatic rings. The van der Waals surface area contributed by atoms with E-state index in [4.69, 9.17) is 10.5 Å². The molecule has 2 rings (SSSR count).